The summed E-state index contributed by atoms with van der Waals surface area (Å²) in [5.41, 5.74) is -0.180. The molecule has 162 valence electrons. The molecule has 1 spiro atoms. The molecule has 1 saturated heterocycles. The van der Waals surface area contributed by atoms with Crippen LogP contribution >= 0.6 is 0 Å². The number of ether oxygens (including phenoxy) is 1. The summed E-state index contributed by atoms with van der Waals surface area (Å²) in [7, 11) is -1.78. The van der Waals surface area contributed by atoms with Gasteiger partial charge in [0.25, 0.3) is 0 Å². The van der Waals surface area contributed by atoms with Gasteiger partial charge in [-0.1, -0.05) is 59.1 Å². The summed E-state index contributed by atoms with van der Waals surface area (Å²) in [6.07, 6.45) is 16.9. The molecule has 28 heavy (non-hydrogen) atoms. The van der Waals surface area contributed by atoms with Crippen molar-refractivity contribution in [3.63, 3.8) is 0 Å². The van der Waals surface area contributed by atoms with Crippen molar-refractivity contribution in [1.82, 2.24) is 0 Å². The summed E-state index contributed by atoms with van der Waals surface area (Å²) in [5, 5.41) is 0.231. The minimum absolute atomic E-state index is 0.00887. The second-order valence-electron chi connectivity index (χ2n) is 10.7. The van der Waals surface area contributed by atoms with Gasteiger partial charge in [-0.15, -0.1) is 0 Å². The summed E-state index contributed by atoms with van der Waals surface area (Å²) in [4.78, 5) is 11.9. The second kappa shape index (κ2) is 9.93. The molecular weight excluding hydrogens is 364 g/mol. The van der Waals surface area contributed by atoms with Crippen LogP contribution in [0, 0.1) is 5.92 Å². The van der Waals surface area contributed by atoms with Crippen molar-refractivity contribution in [2.24, 2.45) is 5.92 Å². The SMILES string of the molecule is CCCCCC(/C=C/[C@H]1CCC[C@@]2(CCCC(=O)O2)C1)O[Si](C)(C)C(C)(C)C. The van der Waals surface area contributed by atoms with E-state index in [2.05, 4.69) is 52.9 Å². The topological polar surface area (TPSA) is 35.5 Å². The Morgan fingerprint density at radius 2 is 1.96 bits per heavy atom. The summed E-state index contributed by atoms with van der Waals surface area (Å²) in [6, 6.07) is 0. The molecule has 0 aromatic heterocycles. The van der Waals surface area contributed by atoms with E-state index in [1.54, 1.807) is 0 Å². The monoisotopic (exact) mass is 408 g/mol. The first-order valence-electron chi connectivity index (χ1n) is 11.6. The van der Waals surface area contributed by atoms with E-state index in [9.17, 15) is 4.79 Å². The highest BCUT2D eigenvalue weighted by Gasteiger charge is 2.41. The van der Waals surface area contributed by atoms with Crippen molar-refractivity contribution in [2.75, 3.05) is 0 Å². The highest BCUT2D eigenvalue weighted by atomic mass is 28.4. The molecule has 2 fully saturated rings. The van der Waals surface area contributed by atoms with Crippen LogP contribution in [0.2, 0.25) is 18.1 Å². The van der Waals surface area contributed by atoms with Gasteiger partial charge >= 0.3 is 5.97 Å². The summed E-state index contributed by atoms with van der Waals surface area (Å²) < 4.78 is 12.6. The van der Waals surface area contributed by atoms with Gasteiger partial charge in [0.05, 0.1) is 6.10 Å². The number of hydrogen-bond acceptors (Lipinski definition) is 3. The molecule has 0 bridgehead atoms. The van der Waals surface area contributed by atoms with Crippen LogP contribution in [0.1, 0.15) is 98.3 Å². The molecule has 0 aromatic carbocycles. The molecule has 1 saturated carbocycles. The molecule has 1 aliphatic carbocycles. The molecule has 1 unspecified atom stereocenters. The zero-order chi connectivity index (χ0) is 20.8. The molecule has 2 aliphatic rings. The summed E-state index contributed by atoms with van der Waals surface area (Å²) >= 11 is 0. The number of hydrogen-bond donors (Lipinski definition) is 0. The van der Waals surface area contributed by atoms with E-state index < -0.39 is 8.32 Å². The number of carbonyl (C=O) groups is 1. The lowest BCUT2D eigenvalue weighted by atomic mass is 9.74. The zero-order valence-corrected chi connectivity index (χ0v) is 20.3. The molecule has 1 heterocycles. The number of unbranched alkanes of at least 4 members (excludes halogenated alkanes) is 2. The van der Waals surface area contributed by atoms with Crippen molar-refractivity contribution in [3.8, 4) is 0 Å². The largest absolute Gasteiger partial charge is 0.459 e. The maximum atomic E-state index is 11.9. The van der Waals surface area contributed by atoms with Crippen LogP contribution in [0.5, 0.6) is 0 Å². The predicted octanol–water partition coefficient (Wildman–Crippen LogP) is 7.17. The van der Waals surface area contributed by atoms with Gasteiger partial charge in [-0.2, -0.15) is 0 Å². The Kier molecular flexibility index (Phi) is 8.39. The average Bonchev–Trinajstić information content (AvgIpc) is 2.58. The fourth-order valence-electron chi connectivity index (χ4n) is 4.38. The Hall–Kier alpha value is -0.613. The highest BCUT2D eigenvalue weighted by molar-refractivity contribution is 6.74. The van der Waals surface area contributed by atoms with Crippen LogP contribution in [0.4, 0.5) is 0 Å². The Labute approximate surface area is 174 Å². The van der Waals surface area contributed by atoms with Gasteiger partial charge in [-0.25, -0.2) is 0 Å². The van der Waals surface area contributed by atoms with Crippen LogP contribution in [-0.4, -0.2) is 26.0 Å². The molecule has 3 nitrogen and oxygen atoms in total. The first-order valence-corrected chi connectivity index (χ1v) is 14.6. The number of rotatable bonds is 8. The van der Waals surface area contributed by atoms with E-state index in [-0.39, 0.29) is 22.7 Å². The third-order valence-corrected chi connectivity index (χ3v) is 11.6. The highest BCUT2D eigenvalue weighted by Crippen LogP contribution is 2.42. The smallest absolute Gasteiger partial charge is 0.306 e. The van der Waals surface area contributed by atoms with Crippen LogP contribution < -0.4 is 0 Å². The van der Waals surface area contributed by atoms with Crippen molar-refractivity contribution < 1.29 is 14.0 Å². The normalized spacial score (nSPS) is 27.9. The zero-order valence-electron chi connectivity index (χ0n) is 19.3. The first kappa shape index (κ1) is 23.7. The molecule has 3 atom stereocenters. The maximum absolute atomic E-state index is 11.9. The van der Waals surface area contributed by atoms with Gasteiger partial charge in [-0.3, -0.25) is 4.79 Å². The van der Waals surface area contributed by atoms with Crippen molar-refractivity contribution in [3.05, 3.63) is 12.2 Å². The second-order valence-corrected chi connectivity index (χ2v) is 15.4. The fraction of sp³-hybridized carbons (Fsp3) is 0.875. The number of esters is 1. The van der Waals surface area contributed by atoms with Crippen LogP contribution in [0.15, 0.2) is 12.2 Å². The molecule has 0 amide bonds. The first-order chi connectivity index (χ1) is 13.1. The Balaban J connectivity index is 2.02. The minimum atomic E-state index is -1.78. The van der Waals surface area contributed by atoms with E-state index in [1.807, 2.05) is 0 Å². The van der Waals surface area contributed by atoms with E-state index in [0.29, 0.717) is 12.3 Å². The van der Waals surface area contributed by atoms with Crippen LogP contribution in [-0.2, 0) is 14.0 Å². The third kappa shape index (κ3) is 6.72. The van der Waals surface area contributed by atoms with Crippen molar-refractivity contribution in [1.29, 1.82) is 0 Å². The number of carbonyl (C=O) groups excluding carboxylic acids is 1. The molecule has 4 heteroatoms. The minimum Gasteiger partial charge on any atom is -0.459 e. The van der Waals surface area contributed by atoms with Crippen LogP contribution in [0.3, 0.4) is 0 Å². The lowest BCUT2D eigenvalue weighted by molar-refractivity contribution is -0.172. The third-order valence-electron chi connectivity index (χ3n) is 7.13. The van der Waals surface area contributed by atoms with Crippen LogP contribution in [0.25, 0.3) is 0 Å². The van der Waals surface area contributed by atoms with Gasteiger partial charge in [0.2, 0.25) is 0 Å². The molecule has 0 aromatic rings. The van der Waals surface area contributed by atoms with Gasteiger partial charge in [0.1, 0.15) is 5.60 Å². The molecular formula is C24H44O3Si. The molecule has 0 radical (unpaired) electrons. The van der Waals surface area contributed by atoms with Crippen molar-refractivity contribution in [2.45, 2.75) is 128 Å². The molecule has 0 N–H and O–H groups in total. The van der Waals surface area contributed by atoms with Gasteiger partial charge in [0, 0.05) is 6.42 Å². The average molecular weight is 409 g/mol. The fourth-order valence-corrected chi connectivity index (χ4v) is 5.68. The van der Waals surface area contributed by atoms with E-state index >= 15 is 0 Å². The Bertz CT molecular complexity index is 530. The molecule has 2 rings (SSSR count). The van der Waals surface area contributed by atoms with E-state index in [4.69, 9.17) is 9.16 Å². The lowest BCUT2D eigenvalue weighted by Crippen LogP contribution is -2.44. The quantitative estimate of drug-likeness (QED) is 0.185. The van der Waals surface area contributed by atoms with Crippen molar-refractivity contribution >= 4 is 14.3 Å². The van der Waals surface area contributed by atoms with Gasteiger partial charge in [0.15, 0.2) is 8.32 Å². The summed E-state index contributed by atoms with van der Waals surface area (Å²) in [5.74, 6) is 0.519. The standard InChI is InChI=1S/C24H44O3Si/c1-7-8-9-13-21(27-28(5,6)23(2,3)4)16-15-20-12-10-17-24(19-20)18-11-14-22(25)26-24/h15-16,20-21H,7-14,17-19H2,1-6H3/b16-15+/t20-,21?,24-/m1/s1. The maximum Gasteiger partial charge on any atom is 0.306 e. The number of allylic oxidation sites excluding steroid dienone is 1. The Morgan fingerprint density at radius 1 is 1.25 bits per heavy atom. The van der Waals surface area contributed by atoms with Gasteiger partial charge in [-0.05, 0) is 69.0 Å². The molecule has 1 aliphatic heterocycles. The predicted molar refractivity (Wildman–Crippen MR) is 120 cm³/mol. The Morgan fingerprint density at radius 3 is 2.61 bits per heavy atom. The lowest BCUT2D eigenvalue weighted by Gasteiger charge is -2.42. The van der Waals surface area contributed by atoms with E-state index in [1.165, 1.54) is 25.7 Å². The summed E-state index contributed by atoms with van der Waals surface area (Å²) in [6.45, 7) is 13.9. The van der Waals surface area contributed by atoms with Gasteiger partial charge < -0.3 is 9.16 Å². The van der Waals surface area contributed by atoms with E-state index in [0.717, 1.165) is 38.5 Å².